The number of carbonyl (C=O) groups excluding carboxylic acids is 2. The molecule has 0 aliphatic heterocycles. The normalized spacial score (nSPS) is 15.4. The fraction of sp³-hybridized carbons (Fsp3) is 0.440. The van der Waals surface area contributed by atoms with Gasteiger partial charge in [-0.1, -0.05) is 67.3 Å². The lowest BCUT2D eigenvalue weighted by molar-refractivity contribution is -0.139. The Bertz CT molecular complexity index is 817. The molecule has 3 rings (SSSR count). The van der Waals surface area contributed by atoms with Crippen LogP contribution in [0.15, 0.2) is 59.5 Å². The largest absolute Gasteiger partial charge is 0.352 e. The van der Waals surface area contributed by atoms with Crippen LogP contribution < -0.4 is 5.32 Å². The van der Waals surface area contributed by atoms with Crippen LogP contribution in [0.1, 0.15) is 50.2 Å². The summed E-state index contributed by atoms with van der Waals surface area (Å²) in [4.78, 5) is 28.9. The second-order valence-electron chi connectivity index (χ2n) is 8.13. The van der Waals surface area contributed by atoms with Crippen LogP contribution in [0.4, 0.5) is 0 Å². The second-order valence-corrected chi connectivity index (χ2v) is 9.18. The third kappa shape index (κ3) is 6.63. The van der Waals surface area contributed by atoms with Crippen LogP contribution in [0, 0.1) is 6.92 Å². The van der Waals surface area contributed by atoms with Crippen LogP contribution in [0.5, 0.6) is 0 Å². The van der Waals surface area contributed by atoms with Gasteiger partial charge in [0.05, 0.1) is 5.75 Å². The number of nitrogens with one attached hydrogen (secondary N) is 1. The van der Waals surface area contributed by atoms with E-state index in [1.807, 2.05) is 56.3 Å². The van der Waals surface area contributed by atoms with E-state index in [9.17, 15) is 9.59 Å². The molecule has 4 nitrogen and oxygen atoms in total. The van der Waals surface area contributed by atoms with Gasteiger partial charge in [-0.2, -0.15) is 0 Å². The highest BCUT2D eigenvalue weighted by atomic mass is 32.2. The second kappa shape index (κ2) is 11.2. The van der Waals surface area contributed by atoms with Gasteiger partial charge in [-0.3, -0.25) is 9.59 Å². The van der Waals surface area contributed by atoms with E-state index < -0.39 is 6.04 Å². The van der Waals surface area contributed by atoms with E-state index in [2.05, 4.69) is 17.4 Å². The zero-order valence-electron chi connectivity index (χ0n) is 18.0. The first kappa shape index (κ1) is 22.4. The van der Waals surface area contributed by atoms with Crippen molar-refractivity contribution < 1.29 is 9.59 Å². The van der Waals surface area contributed by atoms with E-state index in [4.69, 9.17) is 0 Å². The molecule has 1 atom stereocenters. The van der Waals surface area contributed by atoms with Gasteiger partial charge in [-0.05, 0) is 44.4 Å². The summed E-state index contributed by atoms with van der Waals surface area (Å²) in [7, 11) is 0. The van der Waals surface area contributed by atoms with E-state index >= 15 is 0 Å². The topological polar surface area (TPSA) is 49.4 Å². The number of amides is 2. The monoisotopic (exact) mass is 424 g/mol. The number of carbonyl (C=O) groups is 2. The number of benzene rings is 2. The van der Waals surface area contributed by atoms with Gasteiger partial charge in [-0.25, -0.2) is 0 Å². The Balaban J connectivity index is 1.67. The average Bonchev–Trinajstić information content (AvgIpc) is 2.78. The lowest BCUT2D eigenvalue weighted by atomic mass is 9.95. The van der Waals surface area contributed by atoms with Crippen LogP contribution >= 0.6 is 11.8 Å². The minimum atomic E-state index is -0.502. The molecule has 2 aromatic carbocycles. The van der Waals surface area contributed by atoms with Gasteiger partial charge in [0.25, 0.3) is 0 Å². The summed E-state index contributed by atoms with van der Waals surface area (Å²) in [5.74, 6) is 0.249. The summed E-state index contributed by atoms with van der Waals surface area (Å²) in [6, 6.07) is 17.8. The molecule has 2 aromatic rings. The minimum Gasteiger partial charge on any atom is -0.352 e. The molecule has 5 heteroatoms. The average molecular weight is 425 g/mol. The van der Waals surface area contributed by atoms with Gasteiger partial charge in [0, 0.05) is 17.5 Å². The molecule has 2 amide bonds. The lowest BCUT2D eigenvalue weighted by Gasteiger charge is -2.31. The Morgan fingerprint density at radius 1 is 1.03 bits per heavy atom. The van der Waals surface area contributed by atoms with Crippen molar-refractivity contribution in [2.75, 3.05) is 5.75 Å². The van der Waals surface area contributed by atoms with Crippen LogP contribution in [0.25, 0.3) is 0 Å². The third-order valence-electron chi connectivity index (χ3n) is 5.70. The van der Waals surface area contributed by atoms with Crippen molar-refractivity contribution >= 4 is 23.6 Å². The molecule has 1 aliphatic rings. The zero-order valence-corrected chi connectivity index (χ0v) is 18.8. The molecule has 0 heterocycles. The molecular weight excluding hydrogens is 392 g/mol. The molecule has 1 N–H and O–H groups in total. The first-order valence-electron chi connectivity index (χ1n) is 10.9. The van der Waals surface area contributed by atoms with Crippen molar-refractivity contribution in [3.63, 3.8) is 0 Å². The number of rotatable bonds is 8. The van der Waals surface area contributed by atoms with Crippen molar-refractivity contribution in [1.82, 2.24) is 10.2 Å². The molecule has 160 valence electrons. The van der Waals surface area contributed by atoms with Crippen molar-refractivity contribution in [1.29, 1.82) is 0 Å². The summed E-state index contributed by atoms with van der Waals surface area (Å²) < 4.78 is 0. The molecule has 1 aliphatic carbocycles. The zero-order chi connectivity index (χ0) is 21.3. The Labute approximate surface area is 184 Å². The number of hydrogen-bond acceptors (Lipinski definition) is 3. The minimum absolute atomic E-state index is 0.0178. The van der Waals surface area contributed by atoms with Gasteiger partial charge in [0.15, 0.2) is 0 Å². The van der Waals surface area contributed by atoms with E-state index in [1.165, 1.54) is 36.6 Å². The number of hydrogen-bond donors (Lipinski definition) is 1. The number of thioether (sulfide) groups is 1. The molecule has 30 heavy (non-hydrogen) atoms. The molecule has 0 aromatic heterocycles. The van der Waals surface area contributed by atoms with E-state index in [-0.39, 0.29) is 17.9 Å². The molecule has 0 saturated heterocycles. The Kier molecular flexibility index (Phi) is 8.38. The number of nitrogens with zero attached hydrogens (tertiary/aromatic N) is 1. The quantitative estimate of drug-likeness (QED) is 0.610. The van der Waals surface area contributed by atoms with Crippen molar-refractivity contribution in [3.05, 3.63) is 65.7 Å². The lowest BCUT2D eigenvalue weighted by Crippen LogP contribution is -2.50. The maximum absolute atomic E-state index is 13.2. The molecule has 0 radical (unpaired) electrons. The van der Waals surface area contributed by atoms with Crippen molar-refractivity contribution in [2.45, 2.75) is 69.5 Å². The molecule has 0 bridgehead atoms. The maximum atomic E-state index is 13.2. The fourth-order valence-corrected chi connectivity index (χ4v) is 4.58. The standard InChI is InChI=1S/C25H32N2O2S/c1-19-13-15-23(16-14-19)30-18-24(28)27(17-21-9-5-3-6-10-21)20(2)25(29)26-22-11-7-4-8-12-22/h3,5-6,9-10,13-16,20,22H,4,7-8,11-12,17-18H2,1-2H3,(H,26,29). The van der Waals surface area contributed by atoms with Crippen molar-refractivity contribution in [3.8, 4) is 0 Å². The predicted octanol–water partition coefficient (Wildman–Crippen LogP) is 4.95. The smallest absolute Gasteiger partial charge is 0.242 e. The molecule has 0 spiro atoms. The maximum Gasteiger partial charge on any atom is 0.242 e. The summed E-state index contributed by atoms with van der Waals surface area (Å²) in [6.07, 6.45) is 5.65. The summed E-state index contributed by atoms with van der Waals surface area (Å²) in [6.45, 7) is 4.33. The van der Waals surface area contributed by atoms with Gasteiger partial charge < -0.3 is 10.2 Å². The summed E-state index contributed by atoms with van der Waals surface area (Å²) in [5.41, 5.74) is 2.23. The van der Waals surface area contributed by atoms with E-state index in [0.717, 1.165) is 23.3 Å². The van der Waals surface area contributed by atoms with Crippen LogP contribution in [-0.2, 0) is 16.1 Å². The third-order valence-corrected chi connectivity index (χ3v) is 6.69. The Morgan fingerprint density at radius 2 is 1.70 bits per heavy atom. The molecule has 1 fully saturated rings. The van der Waals surface area contributed by atoms with Crippen LogP contribution in [0.3, 0.4) is 0 Å². The highest BCUT2D eigenvalue weighted by Gasteiger charge is 2.28. The van der Waals surface area contributed by atoms with Gasteiger partial charge in [0.2, 0.25) is 11.8 Å². The number of aryl methyl sites for hydroxylation is 1. The SMILES string of the molecule is Cc1ccc(SCC(=O)N(Cc2ccccc2)C(C)C(=O)NC2CCCCC2)cc1. The van der Waals surface area contributed by atoms with Crippen LogP contribution in [-0.4, -0.2) is 34.6 Å². The summed E-state index contributed by atoms with van der Waals surface area (Å²) in [5, 5.41) is 3.18. The van der Waals surface area contributed by atoms with E-state index in [0.29, 0.717) is 12.3 Å². The van der Waals surface area contributed by atoms with E-state index in [1.54, 1.807) is 4.90 Å². The van der Waals surface area contributed by atoms with Gasteiger partial charge in [-0.15, -0.1) is 11.8 Å². The Hall–Kier alpha value is -2.27. The highest BCUT2D eigenvalue weighted by Crippen LogP contribution is 2.21. The van der Waals surface area contributed by atoms with Gasteiger partial charge >= 0.3 is 0 Å². The van der Waals surface area contributed by atoms with Gasteiger partial charge in [0.1, 0.15) is 6.04 Å². The highest BCUT2D eigenvalue weighted by molar-refractivity contribution is 8.00. The molecule has 1 unspecified atom stereocenters. The predicted molar refractivity (Wildman–Crippen MR) is 123 cm³/mol. The Morgan fingerprint density at radius 3 is 2.37 bits per heavy atom. The first-order valence-corrected chi connectivity index (χ1v) is 11.8. The first-order chi connectivity index (χ1) is 14.5. The summed E-state index contributed by atoms with van der Waals surface area (Å²) >= 11 is 1.52. The van der Waals surface area contributed by atoms with Crippen molar-refractivity contribution in [2.24, 2.45) is 0 Å². The van der Waals surface area contributed by atoms with Crippen LogP contribution in [0.2, 0.25) is 0 Å². The molecular formula is C25H32N2O2S. The molecule has 1 saturated carbocycles. The fourth-order valence-electron chi connectivity index (χ4n) is 3.79.